The molecule has 0 N–H and O–H groups in total. The van der Waals surface area contributed by atoms with E-state index >= 15 is 0 Å². The van der Waals surface area contributed by atoms with Crippen LogP contribution in [0.4, 0.5) is 0 Å². The lowest BCUT2D eigenvalue weighted by Gasteiger charge is -2.33. The molecule has 1 aliphatic carbocycles. The zero-order valence-corrected chi connectivity index (χ0v) is 13.9. The van der Waals surface area contributed by atoms with Crippen LogP contribution in [0, 0.1) is 0 Å². The van der Waals surface area contributed by atoms with Crippen LogP contribution < -0.4 is 0 Å². The van der Waals surface area contributed by atoms with Gasteiger partial charge < -0.3 is 0 Å². The van der Waals surface area contributed by atoms with Crippen LogP contribution in [0.3, 0.4) is 0 Å². The molecule has 0 saturated heterocycles. The minimum Gasteiger partial charge on any atom is -0.235 e. The van der Waals surface area contributed by atoms with Crippen LogP contribution in [0.25, 0.3) is 0 Å². The number of aryl methyl sites for hydroxylation is 1. The number of hydrogen-bond donors (Lipinski definition) is 0. The fourth-order valence-electron chi connectivity index (χ4n) is 2.39. The van der Waals surface area contributed by atoms with Crippen molar-refractivity contribution in [2.75, 3.05) is 7.05 Å². The molecule has 0 amide bonds. The Hall–Kier alpha value is -0.180. The summed E-state index contributed by atoms with van der Waals surface area (Å²) in [6, 6.07) is -0.179. The molecule has 1 saturated carbocycles. The Morgan fingerprint density at radius 1 is 1.42 bits per heavy atom. The summed E-state index contributed by atoms with van der Waals surface area (Å²) in [7, 11) is -0.527. The highest BCUT2D eigenvalue weighted by Gasteiger charge is 2.37. The number of rotatable bonds is 3. The first-order chi connectivity index (χ1) is 8.85. The van der Waals surface area contributed by atoms with Crippen LogP contribution in [-0.4, -0.2) is 46.2 Å². The average molecular weight is 372 g/mol. The second-order valence-electron chi connectivity index (χ2n) is 4.70. The summed E-state index contributed by atoms with van der Waals surface area (Å²) in [5, 5.41) is 7.34. The maximum Gasteiger partial charge on any atom is 0.263 e. The quantitative estimate of drug-likeness (QED) is 0.759. The monoisotopic (exact) mass is 370 g/mol. The van der Waals surface area contributed by atoms with Gasteiger partial charge in [-0.1, -0.05) is 18.1 Å². The molecule has 2 rings (SSSR count). The molecule has 1 aromatic heterocycles. The van der Waals surface area contributed by atoms with Gasteiger partial charge in [0.15, 0.2) is 4.60 Å². The van der Waals surface area contributed by atoms with Gasteiger partial charge in [-0.15, -0.1) is 16.7 Å². The Balaban J connectivity index is 2.34. The number of aromatic nitrogens is 3. The second-order valence-corrected chi connectivity index (χ2v) is 7.92. The SMILES string of the molecule is CN(C1CCCCC1Cl)S(=O)(=O)c1c(Br)nnn1C. The summed E-state index contributed by atoms with van der Waals surface area (Å²) in [5.74, 6) is 0. The third-order valence-corrected chi connectivity index (χ3v) is 6.76. The van der Waals surface area contributed by atoms with E-state index < -0.39 is 10.0 Å². The molecule has 0 aliphatic heterocycles. The number of sulfonamides is 1. The second kappa shape index (κ2) is 5.67. The largest absolute Gasteiger partial charge is 0.263 e. The molecule has 1 fully saturated rings. The van der Waals surface area contributed by atoms with E-state index in [0.717, 1.165) is 25.7 Å². The summed E-state index contributed by atoms with van der Waals surface area (Å²) in [4.78, 5) is 0. The van der Waals surface area contributed by atoms with Crippen LogP contribution in [0.5, 0.6) is 0 Å². The molecule has 1 heterocycles. The molecule has 9 heteroatoms. The lowest BCUT2D eigenvalue weighted by molar-refractivity contribution is 0.289. The molecule has 2 unspecified atom stereocenters. The standard InChI is InChI=1S/C10H16BrClN4O2S/c1-15-10(9(11)13-14-15)19(17,18)16(2)8-6-4-3-5-7(8)12/h7-8H,3-6H2,1-2H3. The van der Waals surface area contributed by atoms with Crippen molar-refractivity contribution in [1.82, 2.24) is 19.3 Å². The number of alkyl halides is 1. The van der Waals surface area contributed by atoms with Crippen molar-refractivity contribution in [3.05, 3.63) is 4.60 Å². The highest BCUT2D eigenvalue weighted by molar-refractivity contribution is 9.10. The van der Waals surface area contributed by atoms with Crippen LogP contribution in [-0.2, 0) is 17.1 Å². The van der Waals surface area contributed by atoms with Gasteiger partial charge in [0.25, 0.3) is 10.0 Å². The Morgan fingerprint density at radius 2 is 2.05 bits per heavy atom. The summed E-state index contributed by atoms with van der Waals surface area (Å²) in [6.07, 6.45) is 3.68. The van der Waals surface area contributed by atoms with E-state index in [1.54, 1.807) is 14.1 Å². The smallest absolute Gasteiger partial charge is 0.235 e. The molecule has 0 bridgehead atoms. The van der Waals surface area contributed by atoms with Crippen molar-refractivity contribution in [3.63, 3.8) is 0 Å². The summed E-state index contributed by atoms with van der Waals surface area (Å²) < 4.78 is 28.1. The van der Waals surface area contributed by atoms with Crippen molar-refractivity contribution < 1.29 is 8.42 Å². The molecule has 0 aromatic carbocycles. The average Bonchev–Trinajstić information content (AvgIpc) is 2.69. The van der Waals surface area contributed by atoms with E-state index in [1.807, 2.05) is 0 Å². The Morgan fingerprint density at radius 3 is 2.58 bits per heavy atom. The van der Waals surface area contributed by atoms with Crippen LogP contribution in [0.1, 0.15) is 25.7 Å². The normalized spacial score (nSPS) is 24.9. The number of nitrogens with zero attached hydrogens (tertiary/aromatic N) is 4. The fraction of sp³-hybridized carbons (Fsp3) is 0.800. The van der Waals surface area contributed by atoms with Gasteiger partial charge in [-0.05, 0) is 28.8 Å². The van der Waals surface area contributed by atoms with Crippen molar-refractivity contribution in [2.45, 2.75) is 42.1 Å². The zero-order chi connectivity index (χ0) is 14.2. The highest BCUT2D eigenvalue weighted by atomic mass is 79.9. The van der Waals surface area contributed by atoms with Gasteiger partial charge >= 0.3 is 0 Å². The Bertz CT molecular complexity index is 542. The van der Waals surface area contributed by atoms with Crippen molar-refractivity contribution in [2.24, 2.45) is 7.05 Å². The van der Waals surface area contributed by atoms with Crippen molar-refractivity contribution in [3.8, 4) is 0 Å². The van der Waals surface area contributed by atoms with Gasteiger partial charge in [0.05, 0.1) is 5.38 Å². The first-order valence-electron chi connectivity index (χ1n) is 6.03. The van der Waals surface area contributed by atoms with E-state index in [2.05, 4.69) is 26.2 Å². The molecular weight excluding hydrogens is 356 g/mol. The van der Waals surface area contributed by atoms with Gasteiger partial charge in [0.1, 0.15) is 0 Å². The Labute approximate surface area is 126 Å². The topological polar surface area (TPSA) is 68.1 Å². The van der Waals surface area contributed by atoms with Crippen LogP contribution >= 0.6 is 27.5 Å². The fourth-order valence-corrected chi connectivity index (χ4v) is 5.35. The summed E-state index contributed by atoms with van der Waals surface area (Å²) in [5.41, 5.74) is 0. The molecular formula is C10H16BrClN4O2S. The molecule has 1 aliphatic rings. The molecule has 2 atom stereocenters. The molecule has 1 aromatic rings. The maximum atomic E-state index is 12.6. The van der Waals surface area contributed by atoms with Crippen molar-refractivity contribution >= 4 is 37.6 Å². The molecule has 0 spiro atoms. The lowest BCUT2D eigenvalue weighted by atomic mass is 9.95. The zero-order valence-electron chi connectivity index (χ0n) is 10.8. The summed E-state index contributed by atoms with van der Waals surface area (Å²) in [6.45, 7) is 0. The van der Waals surface area contributed by atoms with Crippen LogP contribution in [0.2, 0.25) is 0 Å². The van der Waals surface area contributed by atoms with Gasteiger partial charge in [-0.2, -0.15) is 4.31 Å². The molecule has 6 nitrogen and oxygen atoms in total. The third kappa shape index (κ3) is 2.81. The van der Waals surface area contributed by atoms with Crippen molar-refractivity contribution in [1.29, 1.82) is 0 Å². The number of halogens is 2. The van der Waals surface area contributed by atoms with E-state index in [-0.39, 0.29) is 21.0 Å². The minimum atomic E-state index is -3.65. The van der Waals surface area contributed by atoms with Gasteiger partial charge in [0.2, 0.25) is 5.03 Å². The van der Waals surface area contributed by atoms with Gasteiger partial charge in [-0.25, -0.2) is 13.1 Å². The highest BCUT2D eigenvalue weighted by Crippen LogP contribution is 2.31. The first kappa shape index (κ1) is 15.2. The number of hydrogen-bond acceptors (Lipinski definition) is 4. The van der Waals surface area contributed by atoms with E-state index in [9.17, 15) is 8.42 Å². The Kier molecular flexibility index (Phi) is 4.54. The predicted molar refractivity (Wildman–Crippen MR) is 75.5 cm³/mol. The predicted octanol–water partition coefficient (Wildman–Crippen LogP) is 1.75. The summed E-state index contributed by atoms with van der Waals surface area (Å²) >= 11 is 9.40. The third-order valence-electron chi connectivity index (χ3n) is 3.47. The maximum absolute atomic E-state index is 12.6. The molecule has 108 valence electrons. The molecule has 19 heavy (non-hydrogen) atoms. The van der Waals surface area contributed by atoms with E-state index in [0.29, 0.717) is 0 Å². The molecule has 0 radical (unpaired) electrons. The first-order valence-corrected chi connectivity index (χ1v) is 8.70. The van der Waals surface area contributed by atoms with Gasteiger partial charge in [0, 0.05) is 20.1 Å². The van der Waals surface area contributed by atoms with E-state index in [4.69, 9.17) is 11.6 Å². The lowest BCUT2D eigenvalue weighted by Crippen LogP contribution is -2.44. The minimum absolute atomic E-state index is 0.0597. The van der Waals surface area contributed by atoms with E-state index in [1.165, 1.54) is 8.99 Å². The van der Waals surface area contributed by atoms with Gasteiger partial charge in [-0.3, -0.25) is 0 Å². The van der Waals surface area contributed by atoms with Crippen LogP contribution in [0.15, 0.2) is 9.63 Å².